The molecule has 0 radical (unpaired) electrons. The quantitative estimate of drug-likeness (QED) is 0.526. The highest BCUT2D eigenvalue weighted by molar-refractivity contribution is 7.08. The van der Waals surface area contributed by atoms with Crippen molar-refractivity contribution in [2.45, 2.75) is 6.42 Å². The van der Waals surface area contributed by atoms with Gasteiger partial charge >= 0.3 is 5.97 Å². The number of benzene rings is 1. The molecule has 0 saturated carbocycles. The Kier molecular flexibility index (Phi) is 8.22. The predicted molar refractivity (Wildman–Crippen MR) is 100 cm³/mol. The van der Waals surface area contributed by atoms with Crippen LogP contribution in [0.1, 0.15) is 16.8 Å². The Balaban J connectivity index is 1.59. The molecule has 2 aromatic rings. The first kappa shape index (κ1) is 22.0. The van der Waals surface area contributed by atoms with Crippen LogP contribution in [0, 0.1) is 11.6 Å². The molecule has 1 aromatic heterocycles. The molecule has 0 aliphatic carbocycles. The first-order chi connectivity index (χ1) is 13.8. The summed E-state index contributed by atoms with van der Waals surface area (Å²) < 4.78 is 30.6. The average Bonchev–Trinajstić information content (AvgIpc) is 3.22. The van der Waals surface area contributed by atoms with Gasteiger partial charge in [-0.3, -0.25) is 19.2 Å². The van der Waals surface area contributed by atoms with E-state index < -0.39 is 42.6 Å². The van der Waals surface area contributed by atoms with Crippen molar-refractivity contribution in [2.24, 2.45) is 0 Å². The molecule has 0 aliphatic heterocycles. The van der Waals surface area contributed by atoms with Gasteiger partial charge in [0.05, 0.1) is 13.0 Å². The summed E-state index contributed by atoms with van der Waals surface area (Å²) in [5.41, 5.74) is 0.517. The molecule has 2 rings (SSSR count). The Labute approximate surface area is 168 Å². The first-order valence-electron chi connectivity index (χ1n) is 8.33. The van der Waals surface area contributed by atoms with Crippen LogP contribution in [-0.2, 0) is 19.1 Å². The highest BCUT2D eigenvalue weighted by Gasteiger charge is 2.11. The van der Waals surface area contributed by atoms with Crippen molar-refractivity contribution in [2.75, 3.05) is 25.0 Å². The van der Waals surface area contributed by atoms with E-state index in [4.69, 9.17) is 4.74 Å². The molecular formula is C18H17F2N3O5S. The van der Waals surface area contributed by atoms with Crippen molar-refractivity contribution in [3.63, 3.8) is 0 Å². The van der Waals surface area contributed by atoms with Gasteiger partial charge in [0, 0.05) is 29.2 Å². The van der Waals surface area contributed by atoms with Crippen molar-refractivity contribution >= 4 is 40.7 Å². The fourth-order valence-electron chi connectivity index (χ4n) is 2.00. The van der Waals surface area contributed by atoms with Gasteiger partial charge in [-0.25, -0.2) is 8.78 Å². The van der Waals surface area contributed by atoms with E-state index in [1.165, 1.54) is 11.3 Å². The smallest absolute Gasteiger partial charge is 0.308 e. The topological polar surface area (TPSA) is 114 Å². The normalized spacial score (nSPS) is 10.1. The molecule has 0 unspecified atom stereocenters. The second kappa shape index (κ2) is 10.9. The molecule has 11 heteroatoms. The number of rotatable bonds is 9. The summed E-state index contributed by atoms with van der Waals surface area (Å²) >= 11 is 1.37. The molecular weight excluding hydrogens is 408 g/mol. The van der Waals surface area contributed by atoms with E-state index in [-0.39, 0.29) is 24.6 Å². The standard InChI is InChI=1S/C18H17F2N3O5S/c19-13-2-1-12(7-14(13)20)23-15(24)8-22-16(25)9-28-17(26)3-5-21-18(27)11-4-6-29-10-11/h1-2,4,6-7,10H,3,5,8-9H2,(H,21,27)(H,22,25)(H,23,24). The van der Waals surface area contributed by atoms with Crippen LogP contribution < -0.4 is 16.0 Å². The average molecular weight is 425 g/mol. The van der Waals surface area contributed by atoms with Crippen LogP contribution in [0.15, 0.2) is 35.0 Å². The number of carbonyl (C=O) groups excluding carboxylic acids is 4. The molecule has 0 atom stereocenters. The van der Waals surface area contributed by atoms with Gasteiger partial charge in [-0.15, -0.1) is 0 Å². The van der Waals surface area contributed by atoms with Crippen LogP contribution in [0.2, 0.25) is 0 Å². The third-order valence-corrected chi connectivity index (χ3v) is 4.10. The van der Waals surface area contributed by atoms with E-state index in [9.17, 15) is 28.0 Å². The third-order valence-electron chi connectivity index (χ3n) is 3.41. The number of hydrogen-bond acceptors (Lipinski definition) is 6. The van der Waals surface area contributed by atoms with E-state index in [1.54, 1.807) is 16.8 Å². The van der Waals surface area contributed by atoms with Crippen molar-refractivity contribution < 1.29 is 32.7 Å². The van der Waals surface area contributed by atoms with Gasteiger partial charge in [-0.1, -0.05) is 0 Å². The van der Waals surface area contributed by atoms with Gasteiger partial charge in [-0.05, 0) is 23.6 Å². The number of amides is 3. The fraction of sp³-hybridized carbons (Fsp3) is 0.222. The van der Waals surface area contributed by atoms with E-state index in [0.29, 0.717) is 5.56 Å². The number of ether oxygens (including phenoxy) is 1. The molecule has 0 fully saturated rings. The SMILES string of the molecule is O=C(COC(=O)CCNC(=O)c1ccsc1)NCC(=O)Nc1ccc(F)c(F)c1. The van der Waals surface area contributed by atoms with E-state index in [1.807, 2.05) is 0 Å². The lowest BCUT2D eigenvalue weighted by atomic mass is 10.3. The summed E-state index contributed by atoms with van der Waals surface area (Å²) in [6.45, 7) is -1.01. The molecule has 0 bridgehead atoms. The number of hydrogen-bond donors (Lipinski definition) is 3. The zero-order valence-electron chi connectivity index (χ0n) is 15.0. The molecule has 0 saturated heterocycles. The van der Waals surface area contributed by atoms with Gasteiger partial charge in [-0.2, -0.15) is 11.3 Å². The van der Waals surface area contributed by atoms with Gasteiger partial charge in [0.1, 0.15) is 0 Å². The molecule has 0 spiro atoms. The Morgan fingerprint density at radius 3 is 2.48 bits per heavy atom. The summed E-state index contributed by atoms with van der Waals surface area (Å²) in [6.07, 6.45) is -0.125. The lowest BCUT2D eigenvalue weighted by molar-refractivity contribution is -0.148. The number of anilines is 1. The Bertz CT molecular complexity index is 890. The largest absolute Gasteiger partial charge is 0.456 e. The minimum Gasteiger partial charge on any atom is -0.456 e. The van der Waals surface area contributed by atoms with Crippen LogP contribution in [0.3, 0.4) is 0 Å². The van der Waals surface area contributed by atoms with Crippen LogP contribution in [-0.4, -0.2) is 43.4 Å². The van der Waals surface area contributed by atoms with Crippen LogP contribution in [0.25, 0.3) is 0 Å². The molecule has 154 valence electrons. The highest BCUT2D eigenvalue weighted by atomic mass is 32.1. The second-order valence-corrected chi connectivity index (χ2v) is 6.41. The zero-order chi connectivity index (χ0) is 21.2. The van der Waals surface area contributed by atoms with Crippen LogP contribution in [0.4, 0.5) is 14.5 Å². The van der Waals surface area contributed by atoms with Crippen molar-refractivity contribution in [3.05, 3.63) is 52.2 Å². The van der Waals surface area contributed by atoms with Gasteiger partial charge in [0.15, 0.2) is 18.2 Å². The lowest BCUT2D eigenvalue weighted by Crippen LogP contribution is -2.36. The Morgan fingerprint density at radius 2 is 1.79 bits per heavy atom. The Morgan fingerprint density at radius 1 is 1.00 bits per heavy atom. The van der Waals surface area contributed by atoms with Crippen molar-refractivity contribution in [1.82, 2.24) is 10.6 Å². The van der Waals surface area contributed by atoms with E-state index in [2.05, 4.69) is 16.0 Å². The van der Waals surface area contributed by atoms with Crippen LogP contribution >= 0.6 is 11.3 Å². The van der Waals surface area contributed by atoms with Gasteiger partial charge < -0.3 is 20.7 Å². The number of nitrogens with one attached hydrogen (secondary N) is 3. The maximum Gasteiger partial charge on any atom is 0.308 e. The minimum absolute atomic E-state index is 0.0269. The van der Waals surface area contributed by atoms with E-state index in [0.717, 1.165) is 18.2 Å². The van der Waals surface area contributed by atoms with Crippen molar-refractivity contribution in [3.8, 4) is 0 Å². The predicted octanol–water partition coefficient (Wildman–Crippen LogP) is 1.44. The van der Waals surface area contributed by atoms with E-state index >= 15 is 0 Å². The summed E-state index contributed by atoms with van der Waals surface area (Å²) in [4.78, 5) is 46.5. The number of carbonyl (C=O) groups is 4. The summed E-state index contributed by atoms with van der Waals surface area (Å²) in [5, 5.41) is 10.4. The number of esters is 1. The maximum atomic E-state index is 13.1. The number of halogens is 2. The zero-order valence-corrected chi connectivity index (χ0v) is 15.8. The Hall–Kier alpha value is -3.34. The fourth-order valence-corrected chi connectivity index (χ4v) is 2.64. The minimum atomic E-state index is -1.12. The van der Waals surface area contributed by atoms with Gasteiger partial charge in [0.2, 0.25) is 5.91 Å². The third kappa shape index (κ3) is 7.66. The summed E-state index contributed by atoms with van der Waals surface area (Å²) in [7, 11) is 0. The van der Waals surface area contributed by atoms with Gasteiger partial charge in [0.25, 0.3) is 11.8 Å². The lowest BCUT2D eigenvalue weighted by Gasteiger charge is -2.08. The molecule has 1 aromatic carbocycles. The molecule has 29 heavy (non-hydrogen) atoms. The van der Waals surface area contributed by atoms with Crippen LogP contribution in [0.5, 0.6) is 0 Å². The molecule has 3 N–H and O–H groups in total. The monoisotopic (exact) mass is 425 g/mol. The first-order valence-corrected chi connectivity index (χ1v) is 9.27. The second-order valence-electron chi connectivity index (χ2n) is 5.63. The summed E-state index contributed by atoms with van der Waals surface area (Å²) in [6, 6.07) is 4.46. The molecule has 3 amide bonds. The molecule has 0 aliphatic rings. The molecule has 1 heterocycles. The molecule has 8 nitrogen and oxygen atoms in total. The maximum absolute atomic E-state index is 13.1. The highest BCUT2D eigenvalue weighted by Crippen LogP contribution is 2.12. The summed E-state index contributed by atoms with van der Waals surface area (Å²) in [5.74, 6) is -4.58. The van der Waals surface area contributed by atoms with Crippen molar-refractivity contribution in [1.29, 1.82) is 0 Å². The number of thiophene rings is 1.